The van der Waals surface area contributed by atoms with Gasteiger partial charge in [0.2, 0.25) is 0 Å². The molecule has 4 aliphatic rings. The number of ether oxygens (including phenoxy) is 3. The number of aryl methyl sites for hydroxylation is 3. The number of hydrogen-bond acceptors (Lipinski definition) is 8. The molecule has 2 aliphatic heterocycles. The van der Waals surface area contributed by atoms with Crippen molar-refractivity contribution in [1.29, 1.82) is 0 Å². The lowest BCUT2D eigenvalue weighted by molar-refractivity contribution is -0.121. The van der Waals surface area contributed by atoms with Crippen molar-refractivity contribution in [2.45, 2.75) is 109 Å². The quantitative estimate of drug-likeness (QED) is 0.0878. The Hall–Kier alpha value is -5.39. The summed E-state index contributed by atoms with van der Waals surface area (Å²) < 4.78 is 18.4. The number of fused-ring (bicyclic) bond motifs is 9. The Morgan fingerprint density at radius 1 is 1.00 bits per heavy atom. The monoisotopic (exact) mass is 783 g/mol. The van der Waals surface area contributed by atoms with Crippen LogP contribution in [-0.2, 0) is 41.8 Å². The van der Waals surface area contributed by atoms with Gasteiger partial charge in [0.25, 0.3) is 0 Å². The third kappa shape index (κ3) is 10.00. The predicted octanol–water partition coefficient (Wildman–Crippen LogP) is 9.82. The smallest absolute Gasteiger partial charge is 0.161 e. The second-order valence-corrected chi connectivity index (χ2v) is 16.4. The number of carbonyl (C=O) groups is 1. The third-order valence-corrected chi connectivity index (χ3v) is 12.1. The molecule has 4 aromatic rings. The molecule has 58 heavy (non-hydrogen) atoms. The van der Waals surface area contributed by atoms with Gasteiger partial charge in [-0.05, 0) is 151 Å². The number of aliphatic hydroxyl groups is 2. The van der Waals surface area contributed by atoms with E-state index >= 15 is 0 Å². The molecule has 0 saturated heterocycles. The minimum Gasteiger partial charge on any atom is -0.508 e. The Morgan fingerprint density at radius 2 is 1.88 bits per heavy atom. The summed E-state index contributed by atoms with van der Waals surface area (Å²) in [6.07, 6.45) is 15.5. The summed E-state index contributed by atoms with van der Waals surface area (Å²) in [7, 11) is 1.64. The number of nitrogens with one attached hydrogen (secondary N) is 1. The summed E-state index contributed by atoms with van der Waals surface area (Å²) in [6, 6.07) is 20.3. The van der Waals surface area contributed by atoms with E-state index in [0.717, 1.165) is 71.9 Å². The number of hydrogen-bond donors (Lipinski definition) is 4. The maximum Gasteiger partial charge on any atom is 0.161 e. The number of benzene rings is 4. The van der Waals surface area contributed by atoms with Crippen LogP contribution in [0.15, 0.2) is 84.7 Å². The van der Waals surface area contributed by atoms with E-state index in [9.17, 15) is 20.1 Å². The molecule has 5 atom stereocenters. The number of aliphatic hydroxyl groups excluding tert-OH is 2. The topological polar surface area (TPSA) is 117 Å². The molecule has 6 bridgehead atoms. The molecule has 2 aliphatic carbocycles. The Morgan fingerprint density at radius 3 is 2.72 bits per heavy atom. The number of ketones is 1. The minimum atomic E-state index is -0.481. The number of unbranched alkanes of at least 4 members (excludes halogenated alkanes) is 1. The van der Waals surface area contributed by atoms with Gasteiger partial charge in [-0.1, -0.05) is 55.7 Å². The van der Waals surface area contributed by atoms with Crippen LogP contribution >= 0.6 is 0 Å². The minimum absolute atomic E-state index is 0.0267. The third-order valence-electron chi connectivity index (χ3n) is 12.1. The first kappa shape index (κ1) is 40.8. The van der Waals surface area contributed by atoms with Gasteiger partial charge in [-0.15, -0.1) is 0 Å². The van der Waals surface area contributed by atoms with E-state index < -0.39 is 12.2 Å². The summed E-state index contributed by atoms with van der Waals surface area (Å²) in [5, 5.41) is 37.1. The number of methoxy groups -OCH3 is 1. The van der Waals surface area contributed by atoms with E-state index in [4.69, 9.17) is 14.2 Å². The van der Waals surface area contributed by atoms with Crippen LogP contribution < -0.4 is 14.8 Å². The zero-order valence-corrected chi connectivity index (χ0v) is 34.1. The normalized spacial score (nSPS) is 21.1. The van der Waals surface area contributed by atoms with Crippen LogP contribution in [-0.4, -0.2) is 47.0 Å². The molecule has 8 heteroatoms. The first-order valence-corrected chi connectivity index (χ1v) is 21.0. The van der Waals surface area contributed by atoms with Gasteiger partial charge in [0.1, 0.15) is 36.1 Å². The molecule has 0 spiro atoms. The summed E-state index contributed by atoms with van der Waals surface area (Å²) in [6.45, 7) is 4.87. The fourth-order valence-electron chi connectivity index (χ4n) is 8.87. The van der Waals surface area contributed by atoms with Crippen molar-refractivity contribution in [2.24, 2.45) is 11.8 Å². The van der Waals surface area contributed by atoms with Crippen molar-refractivity contribution in [1.82, 2.24) is 0 Å². The van der Waals surface area contributed by atoms with Crippen LogP contribution in [0.1, 0.15) is 98.1 Å². The number of phenols is 1. The van der Waals surface area contributed by atoms with E-state index in [2.05, 4.69) is 54.6 Å². The number of rotatable bonds is 11. The molecular formula is C50H57NO7. The van der Waals surface area contributed by atoms with Gasteiger partial charge < -0.3 is 34.8 Å². The Bertz CT molecular complexity index is 2230. The van der Waals surface area contributed by atoms with Gasteiger partial charge in [0, 0.05) is 37.1 Å². The standard InChI is InChI=1S/C50H57NO7/c1-32-13-20-43-37-17-21-45-44(47(55)29-46(32)50(43)45)12-7-23-57-42(28-41(54)18-14-35-15-22-48(56-3)49(25-35)58-31-37)27-38-26-40(53)19-16-36(38)10-5-4-8-34-9-6-11-39(24-34)51-30-33(2)52/h6,9,11,15-17,19,21-22,24-26,29,32-33,36,38,42,51-53,55H,4-5,8,10,12-14,18,20,27-28,30-31H2,1-3H3. The van der Waals surface area contributed by atoms with Crippen molar-refractivity contribution < 1.29 is 34.3 Å². The zero-order chi connectivity index (χ0) is 40.6. The van der Waals surface area contributed by atoms with E-state index in [1.54, 1.807) is 20.1 Å². The molecule has 0 radical (unpaired) electrons. The average molecular weight is 784 g/mol. The first-order chi connectivity index (χ1) is 28.1. The highest BCUT2D eigenvalue weighted by molar-refractivity contribution is 5.95. The highest BCUT2D eigenvalue weighted by atomic mass is 16.5. The Labute approximate surface area is 342 Å². The lowest BCUT2D eigenvalue weighted by Gasteiger charge is -2.28. The maximum absolute atomic E-state index is 13.6. The van der Waals surface area contributed by atoms with Gasteiger partial charge in [0.15, 0.2) is 11.5 Å². The maximum atomic E-state index is 13.6. The van der Waals surface area contributed by atoms with E-state index in [0.29, 0.717) is 56.3 Å². The molecule has 2 heterocycles. The largest absolute Gasteiger partial charge is 0.508 e. The van der Waals surface area contributed by atoms with Crippen LogP contribution in [0.25, 0.3) is 10.8 Å². The van der Waals surface area contributed by atoms with Crippen molar-refractivity contribution in [3.63, 3.8) is 0 Å². The summed E-state index contributed by atoms with van der Waals surface area (Å²) in [5.41, 5.74) is 7.53. The predicted molar refractivity (Wildman–Crippen MR) is 230 cm³/mol. The van der Waals surface area contributed by atoms with Crippen LogP contribution in [0.2, 0.25) is 0 Å². The van der Waals surface area contributed by atoms with Crippen LogP contribution in [0.4, 0.5) is 5.69 Å². The molecule has 0 saturated carbocycles. The molecule has 0 fully saturated rings. The molecule has 8 rings (SSSR count). The fraction of sp³-hybridized carbons (Fsp3) is 0.420. The number of phenolic OH excluding ortho intramolecular Hbond substituents is 1. The van der Waals surface area contributed by atoms with Gasteiger partial charge in [-0.3, -0.25) is 4.79 Å². The molecular weight excluding hydrogens is 727 g/mol. The number of allylic oxidation sites excluding steroid dienone is 3. The highest BCUT2D eigenvalue weighted by Crippen LogP contribution is 2.43. The first-order valence-electron chi connectivity index (χ1n) is 21.0. The molecule has 0 aromatic heterocycles. The van der Waals surface area contributed by atoms with Crippen LogP contribution in [0.5, 0.6) is 17.2 Å². The lowest BCUT2D eigenvalue weighted by atomic mass is 9.79. The average Bonchev–Trinajstić information content (AvgIpc) is 3.21. The molecule has 4 aromatic carbocycles. The lowest BCUT2D eigenvalue weighted by Crippen LogP contribution is -2.24. The van der Waals surface area contributed by atoms with Gasteiger partial charge >= 0.3 is 0 Å². The summed E-state index contributed by atoms with van der Waals surface area (Å²) >= 11 is 0. The second kappa shape index (κ2) is 18.9. The molecule has 5 unspecified atom stereocenters. The highest BCUT2D eigenvalue weighted by Gasteiger charge is 2.28. The fourth-order valence-corrected chi connectivity index (χ4v) is 8.87. The summed E-state index contributed by atoms with van der Waals surface area (Å²) in [4.78, 5) is 13.6. The van der Waals surface area contributed by atoms with Crippen molar-refractivity contribution in [3.8, 4) is 29.3 Å². The molecule has 304 valence electrons. The second-order valence-electron chi connectivity index (χ2n) is 16.4. The van der Waals surface area contributed by atoms with Crippen LogP contribution in [0, 0.1) is 23.9 Å². The number of Topliss-reactive ketones (excluding diaryl/α,β-unsaturated/α-hetero) is 1. The zero-order valence-electron chi connectivity index (χ0n) is 34.1. The van der Waals surface area contributed by atoms with Gasteiger partial charge in [-0.25, -0.2) is 0 Å². The number of anilines is 1. The Kier molecular flexibility index (Phi) is 13.3. The van der Waals surface area contributed by atoms with E-state index in [1.807, 2.05) is 42.5 Å². The van der Waals surface area contributed by atoms with Gasteiger partial charge in [-0.2, -0.15) is 0 Å². The van der Waals surface area contributed by atoms with E-state index in [-0.39, 0.29) is 35.5 Å². The van der Waals surface area contributed by atoms with Crippen molar-refractivity contribution >= 4 is 22.2 Å². The molecule has 8 nitrogen and oxygen atoms in total. The molecule has 0 amide bonds. The van der Waals surface area contributed by atoms with Crippen LogP contribution in [0.3, 0.4) is 0 Å². The Balaban J connectivity index is 1.11. The van der Waals surface area contributed by atoms with E-state index in [1.165, 1.54) is 16.5 Å². The number of carbonyl (C=O) groups excluding carboxylic acids is 1. The molecule has 4 N–H and O–H groups in total. The van der Waals surface area contributed by atoms with Crippen molar-refractivity contribution in [3.05, 3.63) is 118 Å². The van der Waals surface area contributed by atoms with Crippen molar-refractivity contribution in [2.75, 3.05) is 19.0 Å². The SMILES string of the molecule is COc1ccc2cc1OCc1ccc3c(c(O)cc4c3c1CCC4C)CC#COC(CC1C=C(O)C=CC1CCCCc1cccc(NCC(C)O)c1)CC(=O)CC2. The summed E-state index contributed by atoms with van der Waals surface area (Å²) in [5.74, 6) is 5.48. The van der Waals surface area contributed by atoms with Gasteiger partial charge in [0.05, 0.1) is 13.2 Å². The number of aromatic hydroxyl groups is 1.